The number of rotatable bonds is 9. The molecule has 1 unspecified atom stereocenters. The zero-order valence-electron chi connectivity index (χ0n) is 19.3. The topological polar surface area (TPSA) is 90.9 Å². The molecule has 0 bridgehead atoms. The number of benzene rings is 1. The van der Waals surface area contributed by atoms with Crippen molar-refractivity contribution in [2.24, 2.45) is 0 Å². The molecule has 1 aliphatic rings. The average molecular weight is 497 g/mol. The first-order chi connectivity index (χ1) is 16.7. The van der Waals surface area contributed by atoms with E-state index in [1.54, 1.807) is 30.2 Å². The van der Waals surface area contributed by atoms with E-state index in [0.717, 1.165) is 40.1 Å². The number of anilines is 1. The van der Waals surface area contributed by atoms with Crippen LogP contribution in [0.3, 0.4) is 0 Å². The van der Waals surface area contributed by atoms with Gasteiger partial charge in [-0.15, -0.1) is 31.7 Å². The molecule has 0 saturated heterocycles. The molecular formula is C24H28N6O2S2. The minimum absolute atomic E-state index is 0.0352. The third-order valence-electron chi connectivity index (χ3n) is 6.00. The second-order valence-corrected chi connectivity index (χ2v) is 10.6. The summed E-state index contributed by atoms with van der Waals surface area (Å²) in [7, 11) is 1.68. The monoisotopic (exact) mass is 496 g/mol. The molecular weight excluding hydrogens is 468 g/mol. The summed E-state index contributed by atoms with van der Waals surface area (Å²) in [5, 5.41) is 24.0. The summed E-state index contributed by atoms with van der Waals surface area (Å²) in [5.41, 5.74) is 0.993. The minimum atomic E-state index is -0.0352. The highest BCUT2D eigenvalue weighted by atomic mass is 32.2. The van der Waals surface area contributed by atoms with Crippen molar-refractivity contribution >= 4 is 28.8 Å². The highest BCUT2D eigenvalue weighted by Crippen LogP contribution is 2.39. The van der Waals surface area contributed by atoms with E-state index in [-0.39, 0.29) is 5.25 Å². The number of nitrogens with zero attached hydrogens (tertiary/aromatic N) is 5. The molecule has 0 aliphatic heterocycles. The molecule has 1 fully saturated rings. The molecule has 3 heterocycles. The van der Waals surface area contributed by atoms with Gasteiger partial charge in [-0.25, -0.2) is 0 Å². The molecule has 1 aromatic carbocycles. The summed E-state index contributed by atoms with van der Waals surface area (Å²) in [6, 6.07) is 12.3. The van der Waals surface area contributed by atoms with E-state index >= 15 is 0 Å². The van der Waals surface area contributed by atoms with Crippen LogP contribution >= 0.6 is 23.1 Å². The van der Waals surface area contributed by atoms with Gasteiger partial charge in [-0.2, -0.15) is 0 Å². The summed E-state index contributed by atoms with van der Waals surface area (Å²) in [5.74, 6) is 2.93. The molecule has 1 aliphatic carbocycles. The number of thiophene rings is 1. The Bertz CT molecular complexity index is 1200. The number of hydrogen-bond acceptors (Lipinski definition) is 9. The van der Waals surface area contributed by atoms with Crippen molar-refractivity contribution < 1.29 is 9.15 Å². The largest absolute Gasteiger partial charge is 0.497 e. The Balaban J connectivity index is 1.35. The van der Waals surface area contributed by atoms with Crippen LogP contribution in [0.5, 0.6) is 5.75 Å². The van der Waals surface area contributed by atoms with Crippen LogP contribution in [0.1, 0.15) is 62.0 Å². The van der Waals surface area contributed by atoms with E-state index in [4.69, 9.17) is 9.15 Å². The molecule has 1 N–H and O–H groups in total. The molecule has 34 heavy (non-hydrogen) atoms. The average Bonchev–Trinajstić information content (AvgIpc) is 3.64. The Morgan fingerprint density at radius 3 is 2.82 bits per heavy atom. The predicted octanol–water partition coefficient (Wildman–Crippen LogP) is 6.37. The van der Waals surface area contributed by atoms with Crippen LogP contribution in [0.4, 0.5) is 5.69 Å². The molecule has 0 spiro atoms. The number of nitrogens with one attached hydrogen (secondary N) is 1. The maximum Gasteiger partial charge on any atom is 0.257 e. The molecule has 178 valence electrons. The lowest BCUT2D eigenvalue weighted by molar-refractivity contribution is 0.329. The van der Waals surface area contributed by atoms with Crippen molar-refractivity contribution in [3.05, 3.63) is 53.5 Å². The lowest BCUT2D eigenvalue weighted by atomic mass is 9.95. The Kier molecular flexibility index (Phi) is 7.15. The molecule has 8 nitrogen and oxygen atoms in total. The van der Waals surface area contributed by atoms with Gasteiger partial charge in [0.05, 0.1) is 23.8 Å². The van der Waals surface area contributed by atoms with Crippen LogP contribution in [0.15, 0.2) is 51.4 Å². The van der Waals surface area contributed by atoms with E-state index in [0.29, 0.717) is 24.4 Å². The molecule has 5 rings (SSSR count). The van der Waals surface area contributed by atoms with Gasteiger partial charge in [0.1, 0.15) is 5.75 Å². The molecule has 3 aromatic heterocycles. The highest BCUT2D eigenvalue weighted by Gasteiger charge is 2.26. The van der Waals surface area contributed by atoms with Crippen LogP contribution in [-0.4, -0.2) is 32.1 Å². The SMILES string of the molecule is COc1cccc(NCc2nnc(SC(C)c3nnc(-c4cccs4)o3)n2C2CCCCC2)c1. The fraction of sp³-hybridized carbons (Fsp3) is 0.417. The van der Waals surface area contributed by atoms with E-state index in [1.165, 1.54) is 19.3 Å². The maximum absolute atomic E-state index is 5.97. The quantitative estimate of drug-likeness (QED) is 0.267. The number of hydrogen-bond donors (Lipinski definition) is 1. The van der Waals surface area contributed by atoms with E-state index in [1.807, 2.05) is 41.8 Å². The third-order valence-corrected chi connectivity index (χ3v) is 7.90. The molecule has 10 heteroatoms. The normalized spacial score (nSPS) is 15.4. The van der Waals surface area contributed by atoms with Gasteiger partial charge in [0.15, 0.2) is 11.0 Å². The van der Waals surface area contributed by atoms with Crippen LogP contribution < -0.4 is 10.1 Å². The first-order valence-corrected chi connectivity index (χ1v) is 13.3. The van der Waals surface area contributed by atoms with Crippen molar-refractivity contribution in [3.63, 3.8) is 0 Å². The van der Waals surface area contributed by atoms with Gasteiger partial charge < -0.3 is 19.0 Å². The maximum atomic E-state index is 5.97. The van der Waals surface area contributed by atoms with Crippen molar-refractivity contribution in [1.29, 1.82) is 0 Å². The van der Waals surface area contributed by atoms with Gasteiger partial charge in [-0.05, 0) is 43.3 Å². The minimum Gasteiger partial charge on any atom is -0.497 e. The second-order valence-electron chi connectivity index (χ2n) is 8.33. The summed E-state index contributed by atoms with van der Waals surface area (Å²) in [4.78, 5) is 0.979. The predicted molar refractivity (Wildman–Crippen MR) is 134 cm³/mol. The van der Waals surface area contributed by atoms with Gasteiger partial charge in [-0.3, -0.25) is 0 Å². The fourth-order valence-electron chi connectivity index (χ4n) is 4.24. The van der Waals surface area contributed by atoms with Crippen molar-refractivity contribution in [1.82, 2.24) is 25.0 Å². The first kappa shape index (κ1) is 22.9. The van der Waals surface area contributed by atoms with Gasteiger partial charge in [0, 0.05) is 17.8 Å². The fourth-order valence-corrected chi connectivity index (χ4v) is 5.85. The lowest BCUT2D eigenvalue weighted by Gasteiger charge is -2.26. The summed E-state index contributed by atoms with van der Waals surface area (Å²) < 4.78 is 13.6. The number of ether oxygens (including phenoxy) is 1. The van der Waals surface area contributed by atoms with Crippen LogP contribution in [0.2, 0.25) is 0 Å². The molecule has 0 radical (unpaired) electrons. The second kappa shape index (κ2) is 10.6. The van der Waals surface area contributed by atoms with Crippen LogP contribution in [0.25, 0.3) is 10.8 Å². The molecule has 1 saturated carbocycles. The Hall–Kier alpha value is -2.85. The molecule has 4 aromatic rings. The Morgan fingerprint density at radius 2 is 2.03 bits per heavy atom. The van der Waals surface area contributed by atoms with Crippen molar-refractivity contribution in [2.75, 3.05) is 12.4 Å². The van der Waals surface area contributed by atoms with Crippen LogP contribution in [-0.2, 0) is 6.54 Å². The third kappa shape index (κ3) is 5.12. The van der Waals surface area contributed by atoms with Crippen LogP contribution in [0, 0.1) is 0 Å². The van der Waals surface area contributed by atoms with Crippen molar-refractivity contribution in [3.8, 4) is 16.5 Å². The zero-order valence-corrected chi connectivity index (χ0v) is 20.9. The molecule has 0 amide bonds. The summed E-state index contributed by atoms with van der Waals surface area (Å²) in [6.45, 7) is 2.67. The van der Waals surface area contributed by atoms with Gasteiger partial charge in [0.25, 0.3) is 5.89 Å². The number of aromatic nitrogens is 5. The number of methoxy groups -OCH3 is 1. The van der Waals surface area contributed by atoms with Crippen molar-refractivity contribution in [2.45, 2.75) is 62.0 Å². The summed E-state index contributed by atoms with van der Waals surface area (Å²) >= 11 is 3.22. The van der Waals surface area contributed by atoms with Gasteiger partial charge >= 0.3 is 0 Å². The number of thioether (sulfide) groups is 1. The first-order valence-electron chi connectivity index (χ1n) is 11.6. The lowest BCUT2D eigenvalue weighted by Crippen LogP contribution is -2.18. The zero-order chi connectivity index (χ0) is 23.3. The Morgan fingerprint density at radius 1 is 1.15 bits per heavy atom. The van der Waals surface area contributed by atoms with E-state index in [9.17, 15) is 0 Å². The van der Waals surface area contributed by atoms with E-state index < -0.39 is 0 Å². The standard InChI is InChI=1S/C24H28N6O2S2/c1-16(22-27-28-23(32-22)20-12-7-13-33-20)34-24-29-26-21(30(24)18-9-4-3-5-10-18)15-25-17-8-6-11-19(14-17)31-2/h6-8,11-14,16,18,25H,3-5,9-10,15H2,1-2H3. The molecule has 1 atom stereocenters. The summed E-state index contributed by atoms with van der Waals surface area (Å²) in [6.07, 6.45) is 6.06. The van der Waals surface area contributed by atoms with Gasteiger partial charge in [0.2, 0.25) is 5.89 Å². The van der Waals surface area contributed by atoms with E-state index in [2.05, 4.69) is 37.2 Å². The smallest absolute Gasteiger partial charge is 0.257 e. The Labute approximate surface area is 207 Å². The highest BCUT2D eigenvalue weighted by molar-refractivity contribution is 7.99. The van der Waals surface area contributed by atoms with Gasteiger partial charge in [-0.1, -0.05) is 43.2 Å².